The van der Waals surface area contributed by atoms with E-state index in [-0.39, 0.29) is 24.4 Å². The molecule has 1 unspecified atom stereocenters. The van der Waals surface area contributed by atoms with Crippen molar-refractivity contribution >= 4 is 23.4 Å². The molecule has 0 radical (unpaired) electrons. The van der Waals surface area contributed by atoms with Crippen molar-refractivity contribution in [1.29, 1.82) is 0 Å². The number of nitrogens with one attached hydrogen (secondary N) is 1. The molecule has 0 spiro atoms. The molecule has 0 aromatic heterocycles. The Labute approximate surface area is 112 Å². The molecule has 1 aliphatic heterocycles. The molecule has 4 nitrogen and oxygen atoms in total. The number of carbonyl (C=O) groups is 2. The van der Waals surface area contributed by atoms with E-state index in [4.69, 9.17) is 11.6 Å². The molecule has 1 N–H and O–H groups in total. The molecule has 100 valence electrons. The van der Waals surface area contributed by atoms with Crippen LogP contribution in [0, 0.1) is 5.92 Å². The van der Waals surface area contributed by atoms with Crippen molar-refractivity contribution in [2.45, 2.75) is 38.1 Å². The van der Waals surface area contributed by atoms with Gasteiger partial charge in [0, 0.05) is 12.1 Å². The van der Waals surface area contributed by atoms with E-state index < -0.39 is 0 Å². The fourth-order valence-electron chi connectivity index (χ4n) is 2.84. The topological polar surface area (TPSA) is 49.4 Å². The number of hydrogen-bond acceptors (Lipinski definition) is 2. The fraction of sp³-hybridized carbons (Fsp3) is 0.692. The average molecular weight is 271 g/mol. The number of halogens is 1. The van der Waals surface area contributed by atoms with Crippen LogP contribution in [0.5, 0.6) is 0 Å². The van der Waals surface area contributed by atoms with Gasteiger partial charge in [-0.15, -0.1) is 0 Å². The van der Waals surface area contributed by atoms with Gasteiger partial charge in [-0.3, -0.25) is 9.59 Å². The number of nitrogens with zero attached hydrogens (tertiary/aromatic N) is 1. The van der Waals surface area contributed by atoms with Gasteiger partial charge in [0.25, 0.3) is 0 Å². The highest BCUT2D eigenvalue weighted by molar-refractivity contribution is 6.25. The van der Waals surface area contributed by atoms with Crippen LogP contribution >= 0.6 is 11.6 Å². The highest BCUT2D eigenvalue weighted by Gasteiger charge is 2.37. The van der Waals surface area contributed by atoms with Crippen molar-refractivity contribution in [1.82, 2.24) is 10.2 Å². The van der Waals surface area contributed by atoms with E-state index in [0.717, 1.165) is 25.7 Å². The third-order valence-electron chi connectivity index (χ3n) is 3.76. The summed E-state index contributed by atoms with van der Waals surface area (Å²) < 4.78 is 0. The maximum Gasteiger partial charge on any atom is 0.246 e. The van der Waals surface area contributed by atoms with Crippen molar-refractivity contribution in [3.05, 3.63) is 11.6 Å². The monoisotopic (exact) mass is 270 g/mol. The summed E-state index contributed by atoms with van der Waals surface area (Å²) in [6.45, 7) is 0.558. The van der Waals surface area contributed by atoms with E-state index in [1.807, 2.05) is 0 Å². The minimum Gasteiger partial charge on any atom is -0.342 e. The molecule has 1 saturated heterocycles. The molecular weight excluding hydrogens is 252 g/mol. The van der Waals surface area contributed by atoms with Gasteiger partial charge in [-0.25, -0.2) is 0 Å². The van der Waals surface area contributed by atoms with Crippen LogP contribution < -0.4 is 5.32 Å². The fourth-order valence-corrected chi connectivity index (χ4v) is 2.92. The molecule has 1 heterocycles. The van der Waals surface area contributed by atoms with Gasteiger partial charge in [0.2, 0.25) is 11.8 Å². The average Bonchev–Trinajstić information content (AvgIpc) is 2.40. The molecule has 2 rings (SSSR count). The maximum atomic E-state index is 12.3. The molecule has 18 heavy (non-hydrogen) atoms. The highest BCUT2D eigenvalue weighted by Crippen LogP contribution is 2.28. The van der Waals surface area contributed by atoms with Crippen LogP contribution in [-0.2, 0) is 9.59 Å². The van der Waals surface area contributed by atoms with Crippen LogP contribution in [0.15, 0.2) is 11.6 Å². The van der Waals surface area contributed by atoms with Crippen LogP contribution in [0.25, 0.3) is 0 Å². The van der Waals surface area contributed by atoms with Gasteiger partial charge in [-0.2, -0.15) is 0 Å². The summed E-state index contributed by atoms with van der Waals surface area (Å²) in [7, 11) is 0. The summed E-state index contributed by atoms with van der Waals surface area (Å²) in [5, 5.41) is 2.86. The first-order valence-electron chi connectivity index (χ1n) is 6.55. The lowest BCUT2D eigenvalue weighted by Crippen LogP contribution is -2.60. The van der Waals surface area contributed by atoms with E-state index in [0.29, 0.717) is 12.5 Å². The highest BCUT2D eigenvalue weighted by atomic mass is 35.5. The summed E-state index contributed by atoms with van der Waals surface area (Å²) >= 11 is 5.47. The summed E-state index contributed by atoms with van der Waals surface area (Å²) in [6, 6.07) is -0.324. The van der Waals surface area contributed by atoms with Gasteiger partial charge in [-0.05, 0) is 18.8 Å². The van der Waals surface area contributed by atoms with Crippen LogP contribution in [0.1, 0.15) is 32.1 Å². The minimum absolute atomic E-state index is 0.0382. The van der Waals surface area contributed by atoms with E-state index in [1.54, 1.807) is 11.0 Å². The lowest BCUT2D eigenvalue weighted by molar-refractivity contribution is -0.145. The molecule has 2 fully saturated rings. The van der Waals surface area contributed by atoms with Gasteiger partial charge in [0.15, 0.2) is 0 Å². The molecule has 1 aliphatic carbocycles. The molecule has 1 saturated carbocycles. The van der Waals surface area contributed by atoms with Crippen LogP contribution in [0.2, 0.25) is 0 Å². The Bertz CT molecular complexity index is 351. The van der Waals surface area contributed by atoms with Crippen molar-refractivity contribution in [3.8, 4) is 0 Å². The van der Waals surface area contributed by atoms with Crippen molar-refractivity contribution in [3.63, 3.8) is 0 Å². The van der Waals surface area contributed by atoms with Crippen molar-refractivity contribution in [2.75, 3.05) is 13.1 Å². The van der Waals surface area contributed by atoms with E-state index in [9.17, 15) is 9.59 Å². The van der Waals surface area contributed by atoms with Gasteiger partial charge in [-0.1, -0.05) is 36.9 Å². The molecule has 1 atom stereocenters. The van der Waals surface area contributed by atoms with Gasteiger partial charge < -0.3 is 10.2 Å². The number of rotatable bonds is 3. The molecule has 0 aromatic carbocycles. The SMILES string of the molecule is O=C1CN(C/C=C/Cl)C(=O)C(C2CCCCC2)N1. The molecule has 0 bridgehead atoms. The normalized spacial score (nSPS) is 26.7. The summed E-state index contributed by atoms with van der Waals surface area (Å²) in [5.74, 6) is 0.280. The number of hydrogen-bond donors (Lipinski definition) is 1. The second-order valence-electron chi connectivity index (χ2n) is 5.02. The standard InChI is InChI=1S/C13H19ClN2O2/c14-7-4-8-16-9-11(17)15-12(13(16)18)10-5-2-1-3-6-10/h4,7,10,12H,1-3,5-6,8-9H2,(H,15,17)/b7-4+. The Balaban J connectivity index is 2.04. The van der Waals surface area contributed by atoms with Gasteiger partial charge in [0.1, 0.15) is 6.04 Å². The Morgan fingerprint density at radius 2 is 2.00 bits per heavy atom. The number of carbonyl (C=O) groups excluding carboxylic acids is 2. The second kappa shape index (κ2) is 6.23. The zero-order valence-corrected chi connectivity index (χ0v) is 11.2. The first kappa shape index (κ1) is 13.4. The number of amides is 2. The van der Waals surface area contributed by atoms with Crippen LogP contribution in [0.4, 0.5) is 0 Å². The lowest BCUT2D eigenvalue weighted by atomic mass is 9.82. The lowest BCUT2D eigenvalue weighted by Gasteiger charge is -2.37. The minimum atomic E-state index is -0.324. The van der Waals surface area contributed by atoms with Crippen molar-refractivity contribution < 1.29 is 9.59 Å². The Kier molecular flexibility index (Phi) is 4.64. The quantitative estimate of drug-likeness (QED) is 0.848. The second-order valence-corrected chi connectivity index (χ2v) is 5.28. The smallest absolute Gasteiger partial charge is 0.246 e. The first-order chi connectivity index (χ1) is 8.72. The first-order valence-corrected chi connectivity index (χ1v) is 6.99. The van der Waals surface area contributed by atoms with Crippen molar-refractivity contribution in [2.24, 2.45) is 5.92 Å². The summed E-state index contributed by atoms with van der Waals surface area (Å²) in [6.07, 6.45) is 7.32. The Morgan fingerprint density at radius 1 is 1.28 bits per heavy atom. The predicted molar refractivity (Wildman–Crippen MR) is 70.1 cm³/mol. The van der Waals surface area contributed by atoms with Crippen LogP contribution in [-0.4, -0.2) is 35.8 Å². The predicted octanol–water partition coefficient (Wildman–Crippen LogP) is 1.65. The summed E-state index contributed by atoms with van der Waals surface area (Å²) in [4.78, 5) is 25.6. The van der Waals surface area contributed by atoms with Gasteiger partial charge >= 0.3 is 0 Å². The largest absolute Gasteiger partial charge is 0.342 e. The van der Waals surface area contributed by atoms with E-state index >= 15 is 0 Å². The van der Waals surface area contributed by atoms with Crippen LogP contribution in [0.3, 0.4) is 0 Å². The molecule has 2 aliphatic rings. The molecular formula is C13H19ClN2O2. The Morgan fingerprint density at radius 3 is 2.67 bits per heavy atom. The molecule has 2 amide bonds. The molecule has 0 aromatic rings. The van der Waals surface area contributed by atoms with E-state index in [2.05, 4.69) is 5.32 Å². The third-order valence-corrected chi connectivity index (χ3v) is 3.94. The van der Waals surface area contributed by atoms with E-state index in [1.165, 1.54) is 12.0 Å². The molecule has 5 heteroatoms. The summed E-state index contributed by atoms with van der Waals surface area (Å²) in [5.41, 5.74) is 1.38. The zero-order chi connectivity index (χ0) is 13.0. The maximum absolute atomic E-state index is 12.3. The Hall–Kier alpha value is -1.03. The third kappa shape index (κ3) is 3.05. The van der Waals surface area contributed by atoms with Gasteiger partial charge in [0.05, 0.1) is 6.54 Å². The zero-order valence-electron chi connectivity index (χ0n) is 10.4. The number of piperazine rings is 1.